The molecule has 1 saturated heterocycles. The number of aliphatic carboxylic acids is 1. The summed E-state index contributed by atoms with van der Waals surface area (Å²) in [4.78, 5) is 192. The number of nitrogens with zero attached hydrogens (tertiary/aromatic N) is 4. The van der Waals surface area contributed by atoms with E-state index in [2.05, 4.69) is 93.4 Å². The predicted molar refractivity (Wildman–Crippen MR) is 378 cm³/mol. The van der Waals surface area contributed by atoms with Crippen molar-refractivity contribution in [1.29, 1.82) is 0 Å². The highest BCUT2D eigenvalue weighted by Crippen LogP contribution is 2.21. The van der Waals surface area contributed by atoms with Crippen molar-refractivity contribution in [2.24, 2.45) is 66.9 Å². The number of phenols is 1. The van der Waals surface area contributed by atoms with Crippen LogP contribution in [-0.4, -0.2) is 226 Å². The standard InChI is InChI=1S/C60H101N21O15S3/c1-30(2)25-39(75-49(88)37(19-24-99-6)73-54(93)43(29-98)79-48(87)35(71-32(5)82)11-7-20-68-58(62)63)51(90)76-41(27-45(84)85)53(92)72-36(12-8-21-69-59(64)65)50(89)80-46(31(3)4)56(95)77-40(26-33-15-17-34(83)18-16-33)52(91)74-38(13-9-22-70-60(66)67)57(96)81-23-10-14-44(81)55(94)78-42(28-97)47(61)86/h15-18,30-31,35-44,46,83,97-98H,7-14,19-29H2,1-6H3,(H2,61,86)(H,71,82)(H,72,92)(H,73,93)(H,74,91)(H,75,88)(H,76,90)(H,77,95)(H,78,94)(H,79,87)(H,80,89)(H,84,85)(H4,62,63,68)(H4,64,65,69)(H4,66,67,70)/t35-,36-,37-,38-,39-,40-,41+,42-,43-,44-,46-/m0/s1. The lowest BCUT2D eigenvalue weighted by Crippen LogP contribution is -2.61. The van der Waals surface area contributed by atoms with Gasteiger partial charge in [-0.3, -0.25) is 77.3 Å². The van der Waals surface area contributed by atoms with Crippen LogP contribution in [0, 0.1) is 11.8 Å². The number of thiol groups is 2. The maximum atomic E-state index is 14.7. The van der Waals surface area contributed by atoms with E-state index in [9.17, 15) is 72.5 Å². The number of aliphatic imine (C=N–C) groups is 3. The lowest BCUT2D eigenvalue weighted by Gasteiger charge is -2.31. The number of hydrogen-bond acceptors (Lipinski definition) is 20. The van der Waals surface area contributed by atoms with E-state index in [1.54, 1.807) is 34.0 Å². The number of hydrogen-bond donors (Lipinski definition) is 21. The normalized spacial score (nSPS) is 15.6. The first kappa shape index (κ1) is 86.1. The molecule has 0 unspecified atom stereocenters. The van der Waals surface area contributed by atoms with Gasteiger partial charge in [-0.25, -0.2) is 0 Å². The zero-order valence-corrected chi connectivity index (χ0v) is 59.2. The maximum Gasteiger partial charge on any atom is 0.305 e. The number of carbonyl (C=O) groups is 13. The topological polar surface area (TPSA) is 605 Å². The molecule has 2 rings (SSSR count). The number of carbonyl (C=O) groups excluding carboxylic acids is 12. The summed E-state index contributed by atoms with van der Waals surface area (Å²) in [7, 11) is 0. The summed E-state index contributed by atoms with van der Waals surface area (Å²) in [5, 5.41) is 45.9. The summed E-state index contributed by atoms with van der Waals surface area (Å²) >= 11 is 9.66. The smallest absolute Gasteiger partial charge is 0.305 e. The Labute approximate surface area is 590 Å². The third kappa shape index (κ3) is 32.5. The molecule has 0 saturated carbocycles. The molecule has 39 heteroatoms. The summed E-state index contributed by atoms with van der Waals surface area (Å²) in [5.41, 5.74) is 38.9. The summed E-state index contributed by atoms with van der Waals surface area (Å²) in [6, 6.07) is -9.82. The molecule has 11 atom stereocenters. The van der Waals surface area contributed by atoms with E-state index in [1.807, 2.05) is 0 Å². The molecule has 1 aromatic rings. The van der Waals surface area contributed by atoms with Gasteiger partial charge in [-0.2, -0.15) is 37.0 Å². The lowest BCUT2D eigenvalue weighted by atomic mass is 9.99. The van der Waals surface area contributed by atoms with Gasteiger partial charge in [0.15, 0.2) is 17.9 Å². The van der Waals surface area contributed by atoms with Gasteiger partial charge in [0.2, 0.25) is 70.9 Å². The van der Waals surface area contributed by atoms with Crippen LogP contribution < -0.4 is 93.3 Å². The van der Waals surface area contributed by atoms with Gasteiger partial charge in [0.05, 0.1) is 6.42 Å². The molecule has 554 valence electrons. The van der Waals surface area contributed by atoms with E-state index in [-0.39, 0.29) is 131 Å². The largest absolute Gasteiger partial charge is 0.508 e. The Bertz CT molecular complexity index is 3010. The van der Waals surface area contributed by atoms with E-state index in [4.69, 9.17) is 40.1 Å². The van der Waals surface area contributed by atoms with Gasteiger partial charge in [0.25, 0.3) is 0 Å². The highest BCUT2D eigenvalue weighted by atomic mass is 32.2. The van der Waals surface area contributed by atoms with Crippen LogP contribution in [0.2, 0.25) is 0 Å². The van der Waals surface area contributed by atoms with Gasteiger partial charge >= 0.3 is 5.97 Å². The minimum absolute atomic E-state index is 0.00326. The Morgan fingerprint density at radius 1 is 0.545 bits per heavy atom. The fourth-order valence-electron chi connectivity index (χ4n) is 10.1. The number of nitrogens with one attached hydrogen (secondary N) is 10. The monoisotopic (exact) mass is 1450 g/mol. The Kier molecular flexibility index (Phi) is 39.0. The third-order valence-electron chi connectivity index (χ3n) is 15.1. The van der Waals surface area contributed by atoms with Crippen molar-refractivity contribution >= 4 is 132 Å². The zero-order valence-electron chi connectivity index (χ0n) is 56.6. The van der Waals surface area contributed by atoms with Crippen molar-refractivity contribution < 1.29 is 72.5 Å². The highest BCUT2D eigenvalue weighted by molar-refractivity contribution is 7.98. The Morgan fingerprint density at radius 2 is 0.970 bits per heavy atom. The van der Waals surface area contributed by atoms with Crippen LogP contribution in [0.25, 0.3) is 0 Å². The quantitative estimate of drug-likeness (QED) is 0.0125. The molecular weight excluding hydrogens is 1350 g/mol. The van der Waals surface area contributed by atoms with Crippen molar-refractivity contribution in [3.8, 4) is 5.75 Å². The van der Waals surface area contributed by atoms with Gasteiger partial charge in [0.1, 0.15) is 72.2 Å². The molecule has 12 amide bonds. The molecule has 1 fully saturated rings. The number of carboxylic acids is 1. The molecule has 1 aliphatic heterocycles. The van der Waals surface area contributed by atoms with E-state index in [0.29, 0.717) is 17.7 Å². The lowest BCUT2D eigenvalue weighted by molar-refractivity contribution is -0.142. The first-order chi connectivity index (χ1) is 46.6. The minimum atomic E-state index is -1.93. The number of primary amides is 1. The number of guanidine groups is 3. The molecule has 26 N–H and O–H groups in total. The van der Waals surface area contributed by atoms with Crippen LogP contribution in [0.15, 0.2) is 39.2 Å². The van der Waals surface area contributed by atoms with Gasteiger partial charge in [-0.05, 0) is 106 Å². The SMILES string of the molecule is CSCC[C@H](NC(=O)[C@H](CS)NC(=O)[C@H](CCCN=C(N)N)NC(C)=O)C(=O)N[C@@H](CC(C)C)C(=O)N[C@H](CC(=O)O)C(=O)N[C@@H](CCCN=C(N)N)C(=O)N[C@H](C(=O)N[C@@H](Cc1ccc(O)cc1)C(=O)N[C@@H](CCCN=C(N)N)C(=O)N1CCC[C@H]1C(=O)N[C@@H](CS)C(N)=O)C(C)C. The third-order valence-corrected chi connectivity index (χ3v) is 16.5. The number of phenolic OH excluding ortho intramolecular Hbond substituents is 1. The molecule has 1 aromatic carbocycles. The highest BCUT2D eigenvalue weighted by Gasteiger charge is 2.41. The Balaban J connectivity index is 2.55. The number of nitrogens with two attached hydrogens (primary N) is 7. The van der Waals surface area contributed by atoms with Crippen LogP contribution in [0.5, 0.6) is 5.75 Å². The van der Waals surface area contributed by atoms with Gasteiger partial charge in [-0.15, -0.1) is 0 Å². The average Bonchev–Trinajstić information content (AvgIpc) is 1.71. The molecule has 0 aromatic heterocycles. The van der Waals surface area contributed by atoms with Crippen LogP contribution >= 0.6 is 37.0 Å². The van der Waals surface area contributed by atoms with E-state index in [0.717, 1.165) is 0 Å². The van der Waals surface area contributed by atoms with E-state index in [1.165, 1.54) is 47.9 Å². The van der Waals surface area contributed by atoms with Crippen LogP contribution in [0.1, 0.15) is 111 Å². The second-order valence-electron chi connectivity index (χ2n) is 24.2. The van der Waals surface area contributed by atoms with Crippen LogP contribution in [0.4, 0.5) is 0 Å². The molecule has 1 heterocycles. The van der Waals surface area contributed by atoms with Gasteiger partial charge in [0, 0.05) is 51.0 Å². The second kappa shape index (κ2) is 44.8. The predicted octanol–water partition coefficient (Wildman–Crippen LogP) is -5.77. The molecule has 1 aliphatic rings. The van der Waals surface area contributed by atoms with E-state index < -0.39 is 156 Å². The second-order valence-corrected chi connectivity index (χ2v) is 25.9. The van der Waals surface area contributed by atoms with Gasteiger partial charge < -0.3 is 108 Å². The summed E-state index contributed by atoms with van der Waals surface area (Å²) in [6.07, 6.45) is 1.03. The zero-order chi connectivity index (χ0) is 74.6. The van der Waals surface area contributed by atoms with Crippen LogP contribution in [-0.2, 0) is 68.7 Å². The molecule has 0 spiro atoms. The minimum Gasteiger partial charge on any atom is -0.508 e. The number of thioether (sulfide) groups is 1. The average molecular weight is 1450 g/mol. The van der Waals surface area contributed by atoms with Crippen molar-refractivity contribution in [3.05, 3.63) is 29.8 Å². The molecule has 0 bridgehead atoms. The number of carboxylic acid groups (broad SMARTS) is 1. The van der Waals surface area contributed by atoms with E-state index >= 15 is 0 Å². The Morgan fingerprint density at radius 3 is 1.44 bits per heavy atom. The summed E-state index contributed by atoms with van der Waals surface area (Å²) in [5.74, 6) is -14.0. The maximum absolute atomic E-state index is 14.7. The fraction of sp³-hybridized carbons (Fsp3) is 0.633. The molecule has 0 radical (unpaired) electrons. The molecule has 99 heavy (non-hydrogen) atoms. The number of likely N-dealkylation sites (tertiary alicyclic amines) is 1. The number of benzene rings is 1. The molecule has 36 nitrogen and oxygen atoms in total. The molecular formula is C60H101N21O15S3. The first-order valence-electron chi connectivity index (χ1n) is 32.1. The van der Waals surface area contributed by atoms with Gasteiger partial charge in [-0.1, -0.05) is 39.8 Å². The van der Waals surface area contributed by atoms with Crippen molar-refractivity contribution in [1.82, 2.24) is 58.1 Å². The number of amides is 12. The summed E-state index contributed by atoms with van der Waals surface area (Å²) in [6.45, 7) is 7.88. The number of aromatic hydroxyl groups is 1. The summed E-state index contributed by atoms with van der Waals surface area (Å²) < 4.78 is 0. The Hall–Kier alpha value is -9.01. The van der Waals surface area contributed by atoms with Crippen molar-refractivity contribution in [3.63, 3.8) is 0 Å². The fourth-order valence-corrected chi connectivity index (χ4v) is 11.1. The molecule has 0 aliphatic carbocycles. The number of rotatable bonds is 45. The first-order valence-corrected chi connectivity index (χ1v) is 34.8. The van der Waals surface area contributed by atoms with Crippen molar-refractivity contribution in [2.45, 2.75) is 178 Å². The van der Waals surface area contributed by atoms with Crippen molar-refractivity contribution in [2.75, 3.05) is 49.7 Å². The van der Waals surface area contributed by atoms with Crippen LogP contribution in [0.3, 0.4) is 0 Å².